The Balaban J connectivity index is 1.96. The number of aryl methyl sites for hydroxylation is 1. The van der Waals surface area contributed by atoms with Gasteiger partial charge in [-0.1, -0.05) is 24.6 Å². The summed E-state index contributed by atoms with van der Waals surface area (Å²) in [6, 6.07) is 7.82. The number of carbonyl (C=O) groups is 1. The molecule has 118 valence electrons. The first-order chi connectivity index (χ1) is 10.7. The van der Waals surface area contributed by atoms with E-state index in [0.717, 1.165) is 36.9 Å². The molecule has 1 unspecified atom stereocenters. The van der Waals surface area contributed by atoms with E-state index in [4.69, 9.17) is 0 Å². The minimum Gasteiger partial charge on any atom is -0.465 e. The van der Waals surface area contributed by atoms with Crippen molar-refractivity contribution in [3.63, 3.8) is 0 Å². The lowest BCUT2D eigenvalue weighted by molar-refractivity contribution is 0.152. The maximum absolute atomic E-state index is 11.5. The molecule has 22 heavy (non-hydrogen) atoms. The first kappa shape index (κ1) is 14.8. The molecule has 0 bridgehead atoms. The monoisotopic (exact) mass is 303 g/mol. The van der Waals surface area contributed by atoms with Crippen molar-refractivity contribution in [2.24, 2.45) is 5.10 Å². The molecule has 1 saturated heterocycles. The highest BCUT2D eigenvalue weighted by molar-refractivity contribution is 5.95. The van der Waals surface area contributed by atoms with Crippen molar-refractivity contribution in [3.8, 4) is 0 Å². The number of hydrogen-bond acceptors (Lipinski definition) is 4. The quantitative estimate of drug-likeness (QED) is 0.836. The van der Waals surface area contributed by atoms with Crippen molar-refractivity contribution in [2.45, 2.75) is 44.8 Å². The first-order valence-corrected chi connectivity index (χ1v) is 7.80. The van der Waals surface area contributed by atoms with Crippen LogP contribution in [0.25, 0.3) is 0 Å². The standard InChI is InChI=1S/C16H21N3O3/c20-15-10-9-12-6-3-4-7-13(12)19(15)17-14-8-2-1-5-11-18(14)16(21)22/h3-4,6-7,15,20H,1-2,5,8-11H2,(H,21,22). The molecular weight excluding hydrogens is 282 g/mol. The fourth-order valence-electron chi connectivity index (χ4n) is 3.06. The van der Waals surface area contributed by atoms with Gasteiger partial charge in [-0.2, -0.15) is 5.10 Å². The molecule has 3 rings (SSSR count). The topological polar surface area (TPSA) is 76.4 Å². The molecule has 2 N–H and O–H groups in total. The molecule has 2 aliphatic rings. The van der Waals surface area contributed by atoms with Gasteiger partial charge < -0.3 is 10.2 Å². The number of likely N-dealkylation sites (tertiary alicyclic amines) is 1. The lowest BCUT2D eigenvalue weighted by Gasteiger charge is -2.33. The van der Waals surface area contributed by atoms with E-state index in [1.807, 2.05) is 24.3 Å². The van der Waals surface area contributed by atoms with E-state index < -0.39 is 12.3 Å². The van der Waals surface area contributed by atoms with Gasteiger partial charge in [-0.25, -0.2) is 9.80 Å². The smallest absolute Gasteiger partial charge is 0.412 e. The zero-order valence-corrected chi connectivity index (χ0v) is 12.5. The van der Waals surface area contributed by atoms with Crippen LogP contribution in [0.1, 0.15) is 37.7 Å². The van der Waals surface area contributed by atoms with Crippen molar-refractivity contribution in [1.29, 1.82) is 0 Å². The van der Waals surface area contributed by atoms with Crippen LogP contribution < -0.4 is 5.01 Å². The van der Waals surface area contributed by atoms with Crippen LogP contribution in [0.5, 0.6) is 0 Å². The minimum absolute atomic E-state index is 0.472. The van der Waals surface area contributed by atoms with E-state index in [9.17, 15) is 15.0 Å². The number of nitrogens with zero attached hydrogens (tertiary/aromatic N) is 3. The van der Waals surface area contributed by atoms with E-state index in [2.05, 4.69) is 5.10 Å². The molecular formula is C16H21N3O3. The Morgan fingerprint density at radius 3 is 2.82 bits per heavy atom. The molecule has 1 aromatic rings. The Bertz CT molecular complexity index is 588. The summed E-state index contributed by atoms with van der Waals surface area (Å²) in [5.41, 5.74) is 2.00. The summed E-state index contributed by atoms with van der Waals surface area (Å²) in [7, 11) is 0. The number of hydrogen-bond donors (Lipinski definition) is 2. The number of para-hydroxylation sites is 1. The lowest BCUT2D eigenvalue weighted by Crippen LogP contribution is -2.41. The van der Waals surface area contributed by atoms with E-state index in [1.165, 1.54) is 4.90 Å². The number of benzene rings is 1. The first-order valence-electron chi connectivity index (χ1n) is 7.80. The maximum Gasteiger partial charge on any atom is 0.412 e. The molecule has 1 aromatic carbocycles. The highest BCUT2D eigenvalue weighted by Crippen LogP contribution is 2.30. The van der Waals surface area contributed by atoms with Crippen molar-refractivity contribution < 1.29 is 15.0 Å². The van der Waals surface area contributed by atoms with Crippen molar-refractivity contribution in [1.82, 2.24) is 4.90 Å². The molecule has 6 heteroatoms. The van der Waals surface area contributed by atoms with E-state index in [-0.39, 0.29) is 0 Å². The number of amidine groups is 1. The van der Waals surface area contributed by atoms with Gasteiger partial charge in [0.1, 0.15) is 12.1 Å². The third-order valence-electron chi connectivity index (χ3n) is 4.24. The summed E-state index contributed by atoms with van der Waals surface area (Å²) < 4.78 is 0. The fraction of sp³-hybridized carbons (Fsp3) is 0.500. The van der Waals surface area contributed by atoms with Gasteiger partial charge in [0.05, 0.1) is 5.69 Å². The molecule has 1 fully saturated rings. The van der Waals surface area contributed by atoms with Crippen LogP contribution in [-0.2, 0) is 6.42 Å². The number of fused-ring (bicyclic) bond motifs is 1. The molecule has 0 spiro atoms. The predicted molar refractivity (Wildman–Crippen MR) is 83.9 cm³/mol. The van der Waals surface area contributed by atoms with Gasteiger partial charge in [0, 0.05) is 13.0 Å². The molecule has 1 atom stereocenters. The number of hydrazone groups is 1. The summed E-state index contributed by atoms with van der Waals surface area (Å²) in [6.07, 6.45) is 3.13. The van der Waals surface area contributed by atoms with Gasteiger partial charge in [-0.15, -0.1) is 0 Å². The summed E-state index contributed by atoms with van der Waals surface area (Å²) in [5.74, 6) is 0.528. The Kier molecular flexibility index (Phi) is 4.29. The van der Waals surface area contributed by atoms with Crippen LogP contribution in [0.2, 0.25) is 0 Å². The summed E-state index contributed by atoms with van der Waals surface area (Å²) in [5, 5.41) is 25.8. The summed E-state index contributed by atoms with van der Waals surface area (Å²) in [4.78, 5) is 12.8. The average molecular weight is 303 g/mol. The molecule has 6 nitrogen and oxygen atoms in total. The van der Waals surface area contributed by atoms with E-state index in [1.54, 1.807) is 5.01 Å². The zero-order valence-electron chi connectivity index (χ0n) is 12.5. The fourth-order valence-corrected chi connectivity index (χ4v) is 3.06. The molecule has 0 saturated carbocycles. The number of aliphatic hydroxyl groups excluding tert-OH is 1. The Labute approximate surface area is 129 Å². The second-order valence-corrected chi connectivity index (χ2v) is 5.75. The molecule has 2 heterocycles. The Hall–Kier alpha value is -2.08. The average Bonchev–Trinajstić information content (AvgIpc) is 2.75. The minimum atomic E-state index is -0.972. The third-order valence-corrected chi connectivity index (χ3v) is 4.24. The zero-order chi connectivity index (χ0) is 15.5. The Morgan fingerprint density at radius 2 is 2.00 bits per heavy atom. The lowest BCUT2D eigenvalue weighted by atomic mass is 10.0. The molecule has 2 aliphatic heterocycles. The predicted octanol–water partition coefficient (Wildman–Crippen LogP) is 2.63. The van der Waals surface area contributed by atoms with Crippen LogP contribution in [0, 0.1) is 0 Å². The maximum atomic E-state index is 11.5. The van der Waals surface area contributed by atoms with Crippen molar-refractivity contribution >= 4 is 17.6 Å². The van der Waals surface area contributed by atoms with Gasteiger partial charge in [-0.05, 0) is 37.3 Å². The number of rotatable bonds is 1. The number of aliphatic hydroxyl groups is 1. The van der Waals surface area contributed by atoms with Gasteiger partial charge >= 0.3 is 6.09 Å². The van der Waals surface area contributed by atoms with Gasteiger partial charge in [0.2, 0.25) is 0 Å². The van der Waals surface area contributed by atoms with Crippen LogP contribution in [0.4, 0.5) is 10.5 Å². The van der Waals surface area contributed by atoms with Crippen LogP contribution >= 0.6 is 0 Å². The second-order valence-electron chi connectivity index (χ2n) is 5.75. The highest BCUT2D eigenvalue weighted by Gasteiger charge is 2.27. The largest absolute Gasteiger partial charge is 0.465 e. The molecule has 0 radical (unpaired) electrons. The summed E-state index contributed by atoms with van der Waals surface area (Å²) >= 11 is 0. The highest BCUT2D eigenvalue weighted by atomic mass is 16.4. The van der Waals surface area contributed by atoms with Gasteiger partial charge in [0.15, 0.2) is 0 Å². The third kappa shape index (κ3) is 2.92. The van der Waals surface area contributed by atoms with Gasteiger partial charge in [-0.3, -0.25) is 4.90 Å². The SMILES string of the molecule is O=C(O)N1CCCCCC1=NN1c2ccccc2CCC1O. The molecule has 0 aliphatic carbocycles. The number of amides is 1. The summed E-state index contributed by atoms with van der Waals surface area (Å²) in [6.45, 7) is 0.472. The van der Waals surface area contributed by atoms with Crippen molar-refractivity contribution in [2.75, 3.05) is 11.6 Å². The van der Waals surface area contributed by atoms with E-state index in [0.29, 0.717) is 25.2 Å². The normalized spacial score (nSPS) is 24.0. The van der Waals surface area contributed by atoms with Crippen LogP contribution in [0.15, 0.2) is 29.4 Å². The molecule has 0 aromatic heterocycles. The number of anilines is 1. The van der Waals surface area contributed by atoms with E-state index >= 15 is 0 Å². The molecule has 1 amide bonds. The van der Waals surface area contributed by atoms with Crippen LogP contribution in [0.3, 0.4) is 0 Å². The second kappa shape index (κ2) is 6.36. The van der Waals surface area contributed by atoms with Gasteiger partial charge in [0.25, 0.3) is 0 Å². The van der Waals surface area contributed by atoms with Crippen molar-refractivity contribution in [3.05, 3.63) is 29.8 Å². The number of carboxylic acid groups (broad SMARTS) is 1. The Morgan fingerprint density at radius 1 is 1.18 bits per heavy atom. The van der Waals surface area contributed by atoms with Crippen LogP contribution in [-0.4, -0.2) is 39.8 Å².